The molecule has 2 amide bonds. The molecule has 0 aliphatic carbocycles. The Kier molecular flexibility index (Phi) is 7.22. The van der Waals surface area contributed by atoms with Crippen molar-refractivity contribution in [2.75, 3.05) is 57.7 Å². The van der Waals surface area contributed by atoms with E-state index in [2.05, 4.69) is 20.2 Å². The highest BCUT2D eigenvalue weighted by atomic mass is 35.5. The third-order valence-corrected chi connectivity index (χ3v) is 5.92. The first-order valence-corrected chi connectivity index (χ1v) is 11.1. The number of amides is 2. The SMILES string of the molecule is COc1cccc(-c2cc(N3CCN(C(=O)Nc4cc(Cl)c(OC)cc4OC)CC3)ncn2)c1. The molecule has 2 heterocycles. The second-order valence-electron chi connectivity index (χ2n) is 7.58. The van der Waals surface area contributed by atoms with E-state index in [0.29, 0.717) is 48.4 Å². The van der Waals surface area contributed by atoms with Gasteiger partial charge < -0.3 is 29.3 Å². The molecule has 4 rings (SSSR count). The van der Waals surface area contributed by atoms with Crippen LogP contribution in [0, 0.1) is 0 Å². The fraction of sp³-hybridized carbons (Fsp3) is 0.292. The van der Waals surface area contributed by atoms with E-state index in [-0.39, 0.29) is 6.03 Å². The summed E-state index contributed by atoms with van der Waals surface area (Å²) >= 11 is 6.22. The number of anilines is 2. The summed E-state index contributed by atoms with van der Waals surface area (Å²) in [6, 6.07) is 12.7. The maximum Gasteiger partial charge on any atom is 0.322 e. The number of nitrogens with one attached hydrogen (secondary N) is 1. The second kappa shape index (κ2) is 10.5. The van der Waals surface area contributed by atoms with Crippen molar-refractivity contribution in [3.63, 3.8) is 0 Å². The van der Waals surface area contributed by atoms with Crippen LogP contribution in [0.3, 0.4) is 0 Å². The molecule has 1 saturated heterocycles. The van der Waals surface area contributed by atoms with Crippen LogP contribution in [0.1, 0.15) is 0 Å². The van der Waals surface area contributed by atoms with E-state index in [4.69, 9.17) is 25.8 Å². The van der Waals surface area contributed by atoms with Gasteiger partial charge in [-0.2, -0.15) is 0 Å². The summed E-state index contributed by atoms with van der Waals surface area (Å²) in [5, 5.41) is 3.27. The Balaban J connectivity index is 1.41. The normalized spacial score (nSPS) is 13.4. The number of halogens is 1. The summed E-state index contributed by atoms with van der Waals surface area (Å²) in [6.45, 7) is 2.36. The molecule has 0 saturated carbocycles. The molecule has 9 nitrogen and oxygen atoms in total. The number of carbonyl (C=O) groups excluding carboxylic acids is 1. The summed E-state index contributed by atoms with van der Waals surface area (Å²) in [6.07, 6.45) is 1.56. The topological polar surface area (TPSA) is 89.1 Å². The average Bonchev–Trinajstić information content (AvgIpc) is 2.89. The highest BCUT2D eigenvalue weighted by molar-refractivity contribution is 6.32. The molecular formula is C24H26ClN5O4. The molecule has 0 spiro atoms. The van der Waals surface area contributed by atoms with Crippen LogP contribution in [-0.2, 0) is 0 Å². The predicted molar refractivity (Wildman–Crippen MR) is 131 cm³/mol. The van der Waals surface area contributed by atoms with E-state index >= 15 is 0 Å². The van der Waals surface area contributed by atoms with Gasteiger partial charge in [-0.25, -0.2) is 14.8 Å². The lowest BCUT2D eigenvalue weighted by atomic mass is 10.1. The molecular weight excluding hydrogens is 458 g/mol. The number of benzene rings is 2. The van der Waals surface area contributed by atoms with Gasteiger partial charge in [-0.15, -0.1) is 0 Å². The monoisotopic (exact) mass is 483 g/mol. The van der Waals surface area contributed by atoms with Crippen molar-refractivity contribution in [1.82, 2.24) is 14.9 Å². The highest BCUT2D eigenvalue weighted by Crippen LogP contribution is 2.36. The van der Waals surface area contributed by atoms with Crippen molar-refractivity contribution in [3.8, 4) is 28.5 Å². The molecule has 0 bridgehead atoms. The molecule has 0 radical (unpaired) electrons. The van der Waals surface area contributed by atoms with Crippen LogP contribution in [0.2, 0.25) is 5.02 Å². The Morgan fingerprint density at radius 3 is 2.41 bits per heavy atom. The zero-order valence-corrected chi connectivity index (χ0v) is 20.0. The van der Waals surface area contributed by atoms with Crippen molar-refractivity contribution < 1.29 is 19.0 Å². The zero-order chi connectivity index (χ0) is 24.1. The van der Waals surface area contributed by atoms with E-state index < -0.39 is 0 Å². The summed E-state index contributed by atoms with van der Waals surface area (Å²) < 4.78 is 15.9. The second-order valence-corrected chi connectivity index (χ2v) is 7.99. The van der Waals surface area contributed by atoms with Gasteiger partial charge in [-0.05, 0) is 18.2 Å². The van der Waals surface area contributed by atoms with Crippen molar-refractivity contribution in [1.29, 1.82) is 0 Å². The number of urea groups is 1. The number of methoxy groups -OCH3 is 3. The standard InChI is InChI=1S/C24H26ClN5O4/c1-32-17-6-4-5-16(11-17)19-13-23(27-15-26-19)29-7-9-30(10-8-29)24(31)28-20-12-18(25)21(33-2)14-22(20)34-3/h4-6,11-15H,7-10H2,1-3H3,(H,28,31). The fourth-order valence-electron chi connectivity index (χ4n) is 3.75. The number of hydrogen-bond donors (Lipinski definition) is 1. The van der Waals surface area contributed by atoms with Gasteiger partial charge in [0.2, 0.25) is 0 Å². The maximum atomic E-state index is 12.9. The van der Waals surface area contributed by atoms with Crippen LogP contribution in [-0.4, -0.2) is 68.4 Å². The van der Waals surface area contributed by atoms with Crippen LogP contribution in [0.15, 0.2) is 48.8 Å². The molecule has 2 aromatic carbocycles. The number of piperazine rings is 1. The lowest BCUT2D eigenvalue weighted by molar-refractivity contribution is 0.208. The van der Waals surface area contributed by atoms with Crippen LogP contribution < -0.4 is 24.4 Å². The number of rotatable bonds is 6. The third-order valence-electron chi connectivity index (χ3n) is 5.62. The first-order chi connectivity index (χ1) is 16.5. The van der Waals surface area contributed by atoms with E-state index in [9.17, 15) is 4.79 Å². The minimum absolute atomic E-state index is 0.223. The molecule has 10 heteroatoms. The zero-order valence-electron chi connectivity index (χ0n) is 19.2. The number of nitrogens with zero attached hydrogens (tertiary/aromatic N) is 4. The lowest BCUT2D eigenvalue weighted by Crippen LogP contribution is -2.50. The van der Waals surface area contributed by atoms with E-state index in [1.54, 1.807) is 30.5 Å². The van der Waals surface area contributed by atoms with Gasteiger partial charge in [0.1, 0.15) is 29.4 Å². The molecule has 1 fully saturated rings. The lowest BCUT2D eigenvalue weighted by Gasteiger charge is -2.35. The largest absolute Gasteiger partial charge is 0.497 e. The molecule has 1 aromatic heterocycles. The Morgan fingerprint density at radius 2 is 1.71 bits per heavy atom. The molecule has 1 N–H and O–H groups in total. The number of aromatic nitrogens is 2. The summed E-state index contributed by atoms with van der Waals surface area (Å²) in [5.74, 6) is 2.53. The Morgan fingerprint density at radius 1 is 0.941 bits per heavy atom. The fourth-order valence-corrected chi connectivity index (χ4v) is 3.99. The Labute approximate surface area is 203 Å². The van der Waals surface area contributed by atoms with Crippen molar-refractivity contribution in [3.05, 3.63) is 53.8 Å². The predicted octanol–water partition coefficient (Wildman–Crippen LogP) is 4.18. The van der Waals surface area contributed by atoms with Crippen molar-refractivity contribution >= 4 is 29.1 Å². The maximum absolute atomic E-state index is 12.9. The summed E-state index contributed by atoms with van der Waals surface area (Å²) in [5.41, 5.74) is 2.25. The quantitative estimate of drug-likeness (QED) is 0.562. The first kappa shape index (κ1) is 23.4. The van der Waals surface area contributed by atoms with E-state index in [0.717, 1.165) is 22.8 Å². The number of ether oxygens (including phenoxy) is 3. The van der Waals surface area contributed by atoms with Crippen molar-refractivity contribution in [2.45, 2.75) is 0 Å². The number of carbonyl (C=O) groups is 1. The Hall–Kier alpha value is -3.72. The number of hydrogen-bond acceptors (Lipinski definition) is 7. The average molecular weight is 484 g/mol. The van der Waals surface area contributed by atoms with Gasteiger partial charge in [0.05, 0.1) is 37.7 Å². The third kappa shape index (κ3) is 5.09. The van der Waals surface area contributed by atoms with Crippen LogP contribution in [0.4, 0.5) is 16.3 Å². The van der Waals surface area contributed by atoms with Crippen LogP contribution in [0.25, 0.3) is 11.3 Å². The minimum atomic E-state index is -0.223. The van der Waals surface area contributed by atoms with Gasteiger partial charge in [-0.3, -0.25) is 0 Å². The molecule has 178 valence electrons. The first-order valence-electron chi connectivity index (χ1n) is 10.7. The van der Waals surface area contributed by atoms with Crippen LogP contribution in [0.5, 0.6) is 17.2 Å². The smallest absolute Gasteiger partial charge is 0.322 e. The van der Waals surface area contributed by atoms with Gasteiger partial charge in [0.25, 0.3) is 0 Å². The molecule has 1 aliphatic heterocycles. The molecule has 0 unspecified atom stereocenters. The van der Waals surface area contributed by atoms with E-state index in [1.165, 1.54) is 14.2 Å². The van der Waals surface area contributed by atoms with Gasteiger partial charge in [0.15, 0.2) is 0 Å². The van der Waals surface area contributed by atoms with E-state index in [1.807, 2.05) is 30.3 Å². The van der Waals surface area contributed by atoms with Gasteiger partial charge >= 0.3 is 6.03 Å². The molecule has 0 atom stereocenters. The Bertz CT molecular complexity index is 1170. The van der Waals surface area contributed by atoms with Gasteiger partial charge in [-0.1, -0.05) is 23.7 Å². The minimum Gasteiger partial charge on any atom is -0.497 e. The van der Waals surface area contributed by atoms with Crippen molar-refractivity contribution in [2.24, 2.45) is 0 Å². The summed E-state index contributed by atoms with van der Waals surface area (Å²) in [4.78, 5) is 25.6. The van der Waals surface area contributed by atoms with Crippen LogP contribution >= 0.6 is 11.6 Å². The van der Waals surface area contributed by atoms with Gasteiger partial charge in [0, 0.05) is 43.9 Å². The summed E-state index contributed by atoms with van der Waals surface area (Å²) in [7, 11) is 4.69. The molecule has 1 aliphatic rings. The highest BCUT2D eigenvalue weighted by Gasteiger charge is 2.23. The molecule has 34 heavy (non-hydrogen) atoms. The molecule has 3 aromatic rings.